The highest BCUT2D eigenvalue weighted by molar-refractivity contribution is 6.29. The summed E-state index contributed by atoms with van der Waals surface area (Å²) < 4.78 is 0. The zero-order valence-corrected chi connectivity index (χ0v) is 13.8. The minimum absolute atomic E-state index is 0.537. The predicted octanol–water partition coefficient (Wildman–Crippen LogP) is 4.60. The van der Waals surface area contributed by atoms with Crippen molar-refractivity contribution in [2.75, 3.05) is 13.1 Å². The molecule has 0 unspecified atom stereocenters. The van der Waals surface area contributed by atoms with Gasteiger partial charge in [0.25, 0.3) is 0 Å². The molecule has 3 aromatic rings. The third-order valence-electron chi connectivity index (χ3n) is 4.84. The topological polar surface area (TPSA) is 31.9 Å². The van der Waals surface area contributed by atoms with E-state index in [1.807, 2.05) is 6.07 Å². The second-order valence-corrected chi connectivity index (χ2v) is 6.69. The number of aromatic amines is 1. The quantitative estimate of drug-likeness (QED) is 0.714. The van der Waals surface area contributed by atoms with Gasteiger partial charge in [0.1, 0.15) is 10.8 Å². The summed E-state index contributed by atoms with van der Waals surface area (Å²) in [6.45, 7) is 3.27. The van der Waals surface area contributed by atoms with Crippen LogP contribution in [0.25, 0.3) is 11.0 Å². The molecule has 1 aliphatic rings. The second-order valence-electron chi connectivity index (χ2n) is 6.31. The van der Waals surface area contributed by atoms with E-state index < -0.39 is 0 Å². The second kappa shape index (κ2) is 6.34. The van der Waals surface area contributed by atoms with Gasteiger partial charge >= 0.3 is 0 Å². The first kappa shape index (κ1) is 14.7. The highest BCUT2D eigenvalue weighted by Gasteiger charge is 2.21. The van der Waals surface area contributed by atoms with E-state index in [0.717, 1.165) is 25.3 Å². The van der Waals surface area contributed by atoms with Crippen LogP contribution in [0.5, 0.6) is 0 Å². The molecule has 0 saturated carbocycles. The first-order valence-electron chi connectivity index (χ1n) is 8.19. The molecule has 0 bridgehead atoms. The summed E-state index contributed by atoms with van der Waals surface area (Å²) in [5.74, 6) is 0.705. The maximum Gasteiger partial charge on any atom is 0.139 e. The van der Waals surface area contributed by atoms with E-state index in [9.17, 15) is 0 Å². The van der Waals surface area contributed by atoms with E-state index in [0.29, 0.717) is 11.1 Å². The lowest BCUT2D eigenvalue weighted by molar-refractivity contribution is 0.205. The fourth-order valence-corrected chi connectivity index (χ4v) is 3.71. The Morgan fingerprint density at radius 2 is 1.87 bits per heavy atom. The van der Waals surface area contributed by atoms with Crippen LogP contribution in [0.3, 0.4) is 0 Å². The smallest absolute Gasteiger partial charge is 0.139 e. The summed E-state index contributed by atoms with van der Waals surface area (Å²) in [7, 11) is 0. The van der Waals surface area contributed by atoms with Gasteiger partial charge in [-0.05, 0) is 55.1 Å². The zero-order chi connectivity index (χ0) is 15.6. The number of pyridine rings is 1. The molecule has 23 heavy (non-hydrogen) atoms. The van der Waals surface area contributed by atoms with Crippen molar-refractivity contribution in [2.45, 2.75) is 25.3 Å². The Kier molecular flexibility index (Phi) is 4.06. The molecule has 1 fully saturated rings. The molecular weight excluding hydrogens is 306 g/mol. The van der Waals surface area contributed by atoms with Crippen LogP contribution in [-0.4, -0.2) is 28.0 Å². The number of fused-ring (bicyclic) bond motifs is 1. The number of nitrogens with one attached hydrogen (secondary N) is 1. The fourth-order valence-electron chi connectivity index (χ4n) is 3.56. The number of hydrogen-bond acceptors (Lipinski definition) is 2. The maximum atomic E-state index is 5.95. The molecular formula is C19H20ClN3. The van der Waals surface area contributed by atoms with Crippen molar-refractivity contribution in [3.8, 4) is 0 Å². The van der Waals surface area contributed by atoms with Gasteiger partial charge in [0.2, 0.25) is 0 Å². The molecule has 118 valence electrons. The van der Waals surface area contributed by atoms with Crippen LogP contribution in [0.2, 0.25) is 5.15 Å². The van der Waals surface area contributed by atoms with E-state index in [-0.39, 0.29) is 0 Å². The number of rotatable bonds is 3. The van der Waals surface area contributed by atoms with Crippen LogP contribution in [0.4, 0.5) is 0 Å². The van der Waals surface area contributed by atoms with Crippen molar-refractivity contribution in [2.24, 2.45) is 0 Å². The summed E-state index contributed by atoms with van der Waals surface area (Å²) in [5.41, 5.74) is 3.67. The molecule has 4 rings (SSSR count). The Hall–Kier alpha value is -1.84. The van der Waals surface area contributed by atoms with Gasteiger partial charge in [-0.25, -0.2) is 4.98 Å². The van der Waals surface area contributed by atoms with Crippen molar-refractivity contribution in [1.82, 2.24) is 14.9 Å². The molecule has 1 N–H and O–H groups in total. The molecule has 0 radical (unpaired) electrons. The lowest BCUT2D eigenvalue weighted by Crippen LogP contribution is -2.32. The summed E-state index contributed by atoms with van der Waals surface area (Å²) in [5, 5.41) is 1.72. The van der Waals surface area contributed by atoms with Crippen LogP contribution in [0.1, 0.15) is 29.9 Å². The molecule has 1 aliphatic heterocycles. The third kappa shape index (κ3) is 3.12. The summed E-state index contributed by atoms with van der Waals surface area (Å²) >= 11 is 5.95. The summed E-state index contributed by atoms with van der Waals surface area (Å²) in [6, 6.07) is 14.8. The number of benzene rings is 1. The largest absolute Gasteiger partial charge is 0.346 e. The molecule has 0 aliphatic carbocycles. The van der Waals surface area contributed by atoms with Crippen molar-refractivity contribution in [3.05, 3.63) is 64.9 Å². The first-order valence-corrected chi connectivity index (χ1v) is 8.57. The molecule has 4 heteroatoms. The van der Waals surface area contributed by atoms with Crippen molar-refractivity contribution in [3.63, 3.8) is 0 Å². The van der Waals surface area contributed by atoms with Crippen molar-refractivity contribution < 1.29 is 0 Å². The highest BCUT2D eigenvalue weighted by atomic mass is 35.5. The summed E-state index contributed by atoms with van der Waals surface area (Å²) in [6.07, 6.45) is 4.53. The lowest BCUT2D eigenvalue weighted by atomic mass is 9.89. The average Bonchev–Trinajstić information content (AvgIpc) is 2.98. The monoisotopic (exact) mass is 325 g/mol. The van der Waals surface area contributed by atoms with E-state index in [2.05, 4.69) is 57.5 Å². The normalized spacial score (nSPS) is 16.9. The van der Waals surface area contributed by atoms with Gasteiger partial charge in [0.15, 0.2) is 0 Å². The van der Waals surface area contributed by atoms with E-state index in [4.69, 9.17) is 11.6 Å². The Labute approximate surface area is 141 Å². The van der Waals surface area contributed by atoms with Crippen LogP contribution < -0.4 is 0 Å². The van der Waals surface area contributed by atoms with Crippen molar-refractivity contribution in [1.29, 1.82) is 0 Å². The number of halogens is 1. The standard InChI is InChI=1S/C19H20ClN3/c20-18-7-6-17-16(12-21-19(17)22-18)13-23-10-8-15(9-11-23)14-4-2-1-3-5-14/h1-7,12,15H,8-11,13H2,(H,21,22). The molecule has 1 aromatic carbocycles. The molecule has 0 spiro atoms. The Bertz CT molecular complexity index is 789. The number of likely N-dealkylation sites (tertiary alicyclic amines) is 1. The molecule has 0 amide bonds. The SMILES string of the molecule is Clc1ccc2c(CN3CCC(c4ccccc4)CC3)c[nH]c2n1. The first-order chi connectivity index (χ1) is 11.3. The van der Waals surface area contributed by atoms with Gasteiger partial charge in [-0.1, -0.05) is 41.9 Å². The Morgan fingerprint density at radius 3 is 2.65 bits per heavy atom. The Morgan fingerprint density at radius 1 is 1.09 bits per heavy atom. The van der Waals surface area contributed by atoms with Crippen LogP contribution in [0, 0.1) is 0 Å². The highest BCUT2D eigenvalue weighted by Crippen LogP contribution is 2.29. The molecule has 3 nitrogen and oxygen atoms in total. The van der Waals surface area contributed by atoms with Crippen molar-refractivity contribution >= 4 is 22.6 Å². The third-order valence-corrected chi connectivity index (χ3v) is 5.05. The lowest BCUT2D eigenvalue weighted by Gasteiger charge is -2.32. The summed E-state index contributed by atoms with van der Waals surface area (Å²) in [4.78, 5) is 10.1. The minimum Gasteiger partial charge on any atom is -0.346 e. The van der Waals surface area contributed by atoms with Gasteiger partial charge in [-0.3, -0.25) is 4.90 Å². The van der Waals surface area contributed by atoms with Crippen LogP contribution >= 0.6 is 11.6 Å². The Balaban J connectivity index is 1.43. The number of H-pyrrole nitrogens is 1. The number of hydrogen-bond donors (Lipinski definition) is 1. The molecule has 3 heterocycles. The van der Waals surface area contributed by atoms with Gasteiger partial charge in [-0.2, -0.15) is 0 Å². The molecule has 1 saturated heterocycles. The fraction of sp³-hybridized carbons (Fsp3) is 0.316. The minimum atomic E-state index is 0.537. The number of piperidine rings is 1. The maximum absolute atomic E-state index is 5.95. The zero-order valence-electron chi connectivity index (χ0n) is 13.0. The molecule has 2 aromatic heterocycles. The van der Waals surface area contributed by atoms with E-state index in [1.165, 1.54) is 29.4 Å². The van der Waals surface area contributed by atoms with Gasteiger partial charge in [-0.15, -0.1) is 0 Å². The average molecular weight is 326 g/mol. The van der Waals surface area contributed by atoms with E-state index in [1.54, 1.807) is 0 Å². The number of nitrogens with zero attached hydrogens (tertiary/aromatic N) is 2. The predicted molar refractivity (Wildman–Crippen MR) is 94.8 cm³/mol. The van der Waals surface area contributed by atoms with Gasteiger partial charge in [0.05, 0.1) is 0 Å². The van der Waals surface area contributed by atoms with Gasteiger partial charge < -0.3 is 4.98 Å². The van der Waals surface area contributed by atoms with Crippen LogP contribution in [-0.2, 0) is 6.54 Å². The van der Waals surface area contributed by atoms with E-state index >= 15 is 0 Å². The molecule has 0 atom stereocenters. The van der Waals surface area contributed by atoms with Crippen LogP contribution in [0.15, 0.2) is 48.7 Å². The number of aromatic nitrogens is 2. The van der Waals surface area contributed by atoms with Gasteiger partial charge in [0, 0.05) is 18.1 Å².